The van der Waals surface area contributed by atoms with Crippen molar-refractivity contribution in [3.8, 4) is 28.6 Å². The first-order valence-corrected chi connectivity index (χ1v) is 14.4. The van der Waals surface area contributed by atoms with Crippen LogP contribution in [0.2, 0.25) is 5.02 Å². The van der Waals surface area contributed by atoms with Crippen LogP contribution in [0.25, 0.3) is 17.1 Å². The van der Waals surface area contributed by atoms with Crippen LogP contribution >= 0.6 is 11.6 Å². The highest BCUT2D eigenvalue weighted by atomic mass is 35.5. The van der Waals surface area contributed by atoms with Gasteiger partial charge in [-0.2, -0.15) is 0 Å². The summed E-state index contributed by atoms with van der Waals surface area (Å²) in [7, 11) is -1.11. The maximum Gasteiger partial charge on any atom is 0.243 e. The number of nitrogens with one attached hydrogen (secondary N) is 1. The number of benzene rings is 1. The molecule has 11 nitrogen and oxygen atoms in total. The molecule has 3 heterocycles. The lowest BCUT2D eigenvalue weighted by Gasteiger charge is -2.26. The predicted molar refractivity (Wildman–Crippen MR) is 153 cm³/mol. The van der Waals surface area contributed by atoms with Gasteiger partial charge in [0.2, 0.25) is 16.0 Å². The van der Waals surface area contributed by atoms with E-state index in [4.69, 9.17) is 25.8 Å². The number of nitrogens with zero attached hydrogens (tertiary/aromatic N) is 5. The first-order valence-electron chi connectivity index (χ1n) is 12.4. The van der Waals surface area contributed by atoms with Crippen LogP contribution in [-0.4, -0.2) is 58.7 Å². The number of ether oxygens (including phenoxy) is 3. The number of pyridine rings is 2. The van der Waals surface area contributed by atoms with Crippen molar-refractivity contribution in [3.63, 3.8) is 0 Å². The van der Waals surface area contributed by atoms with Crippen LogP contribution in [0.3, 0.4) is 0 Å². The minimum absolute atomic E-state index is 0.0708. The van der Waals surface area contributed by atoms with Crippen LogP contribution < -0.4 is 14.2 Å². The molecule has 0 amide bonds. The van der Waals surface area contributed by atoms with E-state index in [2.05, 4.69) is 24.9 Å². The summed E-state index contributed by atoms with van der Waals surface area (Å²) >= 11 is 6.01. The number of aryl methyl sites for hydroxylation is 1. The van der Waals surface area contributed by atoms with Crippen molar-refractivity contribution in [1.82, 2.24) is 24.7 Å². The maximum absolute atomic E-state index is 13.9. The van der Waals surface area contributed by atoms with E-state index in [0.29, 0.717) is 39.3 Å². The minimum Gasteiger partial charge on any atom is -0.494 e. The Labute approximate surface area is 238 Å². The Balaban J connectivity index is 1.85. The molecule has 4 aromatic rings. The lowest BCUT2D eigenvalue weighted by Crippen LogP contribution is -2.34. The molecule has 0 aliphatic heterocycles. The fraction of sp³-hybridized carbons (Fsp3) is 0.333. The number of anilines is 1. The van der Waals surface area contributed by atoms with Crippen molar-refractivity contribution in [2.75, 3.05) is 18.9 Å². The van der Waals surface area contributed by atoms with E-state index in [9.17, 15) is 8.42 Å². The van der Waals surface area contributed by atoms with Crippen molar-refractivity contribution in [3.05, 3.63) is 71.3 Å². The molecule has 1 aromatic carbocycles. The number of halogens is 1. The summed E-state index contributed by atoms with van der Waals surface area (Å²) in [6.07, 6.45) is 3.61. The molecule has 4 rings (SSSR count). The third-order valence-corrected chi connectivity index (χ3v) is 7.95. The first kappa shape index (κ1) is 29.2. The molecule has 212 valence electrons. The number of rotatable bonds is 11. The van der Waals surface area contributed by atoms with E-state index in [0.717, 1.165) is 5.56 Å². The Kier molecular flexibility index (Phi) is 8.92. The zero-order valence-electron chi connectivity index (χ0n) is 23.0. The normalized spacial score (nSPS) is 13.2. The van der Waals surface area contributed by atoms with E-state index in [1.807, 2.05) is 26.8 Å². The van der Waals surface area contributed by atoms with Crippen LogP contribution in [0.5, 0.6) is 11.5 Å². The second-order valence-corrected chi connectivity index (χ2v) is 11.8. The van der Waals surface area contributed by atoms with Gasteiger partial charge in [-0.15, -0.1) is 10.2 Å². The summed E-state index contributed by atoms with van der Waals surface area (Å²) in [5, 5.41) is 7.91. The Hall–Kier alpha value is -3.74. The molecular weight excluding hydrogens is 556 g/mol. The molecule has 2 atom stereocenters. The number of methoxy groups -OCH3 is 2. The molecule has 40 heavy (non-hydrogen) atoms. The molecule has 0 radical (unpaired) electrons. The zero-order chi connectivity index (χ0) is 29.0. The number of hydrogen-bond donors (Lipinski definition) is 1. The van der Waals surface area contributed by atoms with E-state index in [1.54, 1.807) is 49.6 Å². The van der Waals surface area contributed by atoms with Gasteiger partial charge >= 0.3 is 0 Å². The fourth-order valence-electron chi connectivity index (χ4n) is 4.13. The van der Waals surface area contributed by atoms with E-state index >= 15 is 0 Å². The molecule has 0 spiro atoms. The number of aromatic nitrogens is 5. The SMILES string of the molecule is COc1cccc(OC)c1-n1c(NS(=O)(=O)[C@H](C)[C@H](OC(C)C)c2ccc(Cl)cn2)nnc1-c1cncc(C)c1. The zero-order valence-corrected chi connectivity index (χ0v) is 24.6. The van der Waals surface area contributed by atoms with E-state index in [-0.39, 0.29) is 12.1 Å². The highest BCUT2D eigenvalue weighted by Gasteiger charge is 2.35. The number of sulfonamides is 1. The first-order chi connectivity index (χ1) is 19.1. The summed E-state index contributed by atoms with van der Waals surface area (Å²) in [6, 6.07) is 10.4. The van der Waals surface area contributed by atoms with Gasteiger partial charge in [-0.3, -0.25) is 19.3 Å². The second-order valence-electron chi connectivity index (χ2n) is 9.30. The number of hydrogen-bond acceptors (Lipinski definition) is 9. The Bertz CT molecular complexity index is 1550. The smallest absolute Gasteiger partial charge is 0.243 e. The summed E-state index contributed by atoms with van der Waals surface area (Å²) in [5.74, 6) is 1.10. The van der Waals surface area contributed by atoms with Crippen LogP contribution in [0.1, 0.15) is 38.1 Å². The third kappa shape index (κ3) is 6.19. The highest BCUT2D eigenvalue weighted by Crippen LogP contribution is 2.38. The standard InChI is InChI=1S/C27H31ClN6O5S/c1-16(2)39-25(21-11-10-20(28)15-30-21)18(4)40(35,36)33-27-32-31-26(19-12-17(3)13-29-14-19)34(27)24-22(37-5)8-7-9-23(24)38-6/h7-16,18,25H,1-6H3,(H,32,33)/t18-,25+/m1/s1. The van der Waals surface area contributed by atoms with Crippen molar-refractivity contribution in [2.24, 2.45) is 0 Å². The van der Waals surface area contributed by atoms with E-state index < -0.39 is 21.4 Å². The molecule has 0 fully saturated rings. The average molecular weight is 587 g/mol. The van der Waals surface area contributed by atoms with E-state index in [1.165, 1.54) is 25.0 Å². The maximum atomic E-state index is 13.9. The van der Waals surface area contributed by atoms with Gasteiger partial charge in [0, 0.05) is 24.2 Å². The van der Waals surface area contributed by atoms with Gasteiger partial charge in [-0.1, -0.05) is 17.7 Å². The summed E-state index contributed by atoms with van der Waals surface area (Å²) in [6.45, 7) is 7.08. The predicted octanol–water partition coefficient (Wildman–Crippen LogP) is 5.00. The molecule has 0 saturated carbocycles. The Morgan fingerprint density at radius 2 is 1.68 bits per heavy atom. The fourth-order valence-corrected chi connectivity index (χ4v) is 5.34. The largest absolute Gasteiger partial charge is 0.494 e. The van der Waals surface area contributed by atoms with Crippen molar-refractivity contribution in [1.29, 1.82) is 0 Å². The van der Waals surface area contributed by atoms with Crippen LogP contribution in [0.15, 0.2) is 55.0 Å². The third-order valence-electron chi connectivity index (χ3n) is 6.03. The topological polar surface area (TPSA) is 130 Å². The van der Waals surface area contributed by atoms with Gasteiger partial charge < -0.3 is 14.2 Å². The highest BCUT2D eigenvalue weighted by molar-refractivity contribution is 7.93. The van der Waals surface area contributed by atoms with Crippen molar-refractivity contribution in [2.45, 2.75) is 45.2 Å². The van der Waals surface area contributed by atoms with Gasteiger partial charge in [-0.25, -0.2) is 8.42 Å². The molecule has 3 aromatic heterocycles. The van der Waals surface area contributed by atoms with Gasteiger partial charge in [0.25, 0.3) is 0 Å². The molecule has 0 bridgehead atoms. The molecule has 0 unspecified atom stereocenters. The number of para-hydroxylation sites is 1. The van der Waals surface area contributed by atoms with Crippen LogP contribution in [0, 0.1) is 6.92 Å². The molecule has 0 aliphatic rings. The van der Waals surface area contributed by atoms with Crippen LogP contribution in [0.4, 0.5) is 5.95 Å². The van der Waals surface area contributed by atoms with Gasteiger partial charge in [-0.05, 0) is 63.6 Å². The quantitative estimate of drug-likeness (QED) is 0.258. The van der Waals surface area contributed by atoms with Crippen LogP contribution in [-0.2, 0) is 14.8 Å². The average Bonchev–Trinajstić information content (AvgIpc) is 3.33. The molecule has 13 heteroatoms. The molecule has 1 N–H and O–H groups in total. The summed E-state index contributed by atoms with van der Waals surface area (Å²) in [5.41, 5.74) is 2.34. The van der Waals surface area contributed by atoms with Crippen molar-refractivity contribution < 1.29 is 22.6 Å². The van der Waals surface area contributed by atoms with Gasteiger partial charge in [0.1, 0.15) is 28.5 Å². The second kappa shape index (κ2) is 12.2. The Morgan fingerprint density at radius 3 is 2.25 bits per heavy atom. The summed E-state index contributed by atoms with van der Waals surface area (Å²) < 4.78 is 49.1. The lowest BCUT2D eigenvalue weighted by atomic mass is 10.1. The summed E-state index contributed by atoms with van der Waals surface area (Å²) in [4.78, 5) is 8.58. The molecule has 0 aliphatic carbocycles. The lowest BCUT2D eigenvalue weighted by molar-refractivity contribution is 0.00417. The Morgan fingerprint density at radius 1 is 0.975 bits per heavy atom. The van der Waals surface area contributed by atoms with Crippen molar-refractivity contribution >= 4 is 27.6 Å². The minimum atomic E-state index is -4.13. The van der Waals surface area contributed by atoms with Gasteiger partial charge in [0.15, 0.2) is 5.82 Å². The van der Waals surface area contributed by atoms with Gasteiger partial charge in [0.05, 0.1) is 31.0 Å². The monoisotopic (exact) mass is 586 g/mol. The molecule has 0 saturated heterocycles. The molecular formula is C27H31ClN6O5S.